The second-order valence-electron chi connectivity index (χ2n) is 13.0. The molecule has 8 aromatic carbocycles. The normalized spacial score (nSPS) is 11.5. The lowest BCUT2D eigenvalue weighted by Crippen LogP contribution is -2.09. The van der Waals surface area contributed by atoms with Gasteiger partial charge in [-0.05, 0) is 101 Å². The minimum atomic E-state index is 1.13. The van der Waals surface area contributed by atoms with E-state index in [4.69, 9.17) is 0 Å². The Balaban J connectivity index is 0.982. The molecule has 0 spiro atoms. The van der Waals surface area contributed by atoms with Crippen molar-refractivity contribution in [2.45, 2.75) is 0 Å². The van der Waals surface area contributed by atoms with Crippen LogP contribution in [0.3, 0.4) is 0 Å². The van der Waals surface area contributed by atoms with Gasteiger partial charge in [0.25, 0.3) is 0 Å². The molecule has 10 aromatic rings. The van der Waals surface area contributed by atoms with E-state index in [-0.39, 0.29) is 0 Å². The number of thiophene rings is 1. The van der Waals surface area contributed by atoms with E-state index in [9.17, 15) is 0 Å². The molecule has 2 aromatic heterocycles. The van der Waals surface area contributed by atoms with Crippen molar-refractivity contribution in [1.82, 2.24) is 4.57 Å². The third kappa shape index (κ3) is 5.10. The summed E-state index contributed by atoms with van der Waals surface area (Å²) in [6.07, 6.45) is 0. The molecule has 0 aliphatic carbocycles. The van der Waals surface area contributed by atoms with Crippen LogP contribution in [0.2, 0.25) is 0 Å². The van der Waals surface area contributed by atoms with Gasteiger partial charge in [0.05, 0.1) is 11.0 Å². The molecule has 2 nitrogen and oxygen atoms in total. The first-order chi connectivity index (χ1) is 25.3. The molecule has 0 aliphatic rings. The number of fused-ring (bicyclic) bond motifs is 6. The zero-order valence-electron chi connectivity index (χ0n) is 27.8. The highest BCUT2D eigenvalue weighted by molar-refractivity contribution is 7.25. The number of rotatable bonds is 6. The lowest BCUT2D eigenvalue weighted by molar-refractivity contribution is 1.18. The Morgan fingerprint density at radius 2 is 0.863 bits per heavy atom. The van der Waals surface area contributed by atoms with E-state index in [2.05, 4.69) is 204 Å². The minimum absolute atomic E-state index is 1.13. The van der Waals surface area contributed by atoms with Crippen LogP contribution in [0.15, 0.2) is 194 Å². The highest BCUT2D eigenvalue weighted by atomic mass is 32.1. The SMILES string of the molecule is c1ccc(N(c2ccc(-c3ccc(-c4ccc5c(c4)c4ccccc4n5-c4ccccc4)cc3)cc2)c2ccc3sc4ccccc4c3c2)cc1. The summed E-state index contributed by atoms with van der Waals surface area (Å²) < 4.78 is 5.00. The van der Waals surface area contributed by atoms with Gasteiger partial charge in [-0.2, -0.15) is 0 Å². The highest BCUT2D eigenvalue weighted by Gasteiger charge is 2.16. The first kappa shape index (κ1) is 29.5. The standard InChI is InChI=1S/C48H32N2S/c1-3-11-37(12-4-1)49(40-28-30-48-44(32-40)42-16-8-10-18-47(42)51-48)39-26-23-34(24-27-39)33-19-21-35(22-20-33)36-25-29-46-43(31-36)41-15-7-9-17-45(41)50(46)38-13-5-2-6-14-38/h1-32H. The van der Waals surface area contributed by atoms with Crippen LogP contribution in [0.4, 0.5) is 17.1 Å². The number of hydrogen-bond donors (Lipinski definition) is 0. The topological polar surface area (TPSA) is 8.17 Å². The van der Waals surface area contributed by atoms with Crippen molar-refractivity contribution in [3.63, 3.8) is 0 Å². The van der Waals surface area contributed by atoms with Crippen molar-refractivity contribution in [2.75, 3.05) is 4.90 Å². The molecule has 0 saturated carbocycles. The van der Waals surface area contributed by atoms with Crippen LogP contribution in [0, 0.1) is 0 Å². The molecule has 0 N–H and O–H groups in total. The van der Waals surface area contributed by atoms with Crippen LogP contribution in [-0.2, 0) is 0 Å². The van der Waals surface area contributed by atoms with Crippen molar-refractivity contribution < 1.29 is 0 Å². The first-order valence-corrected chi connectivity index (χ1v) is 18.2. The van der Waals surface area contributed by atoms with Crippen molar-refractivity contribution in [2.24, 2.45) is 0 Å². The molecule has 0 radical (unpaired) electrons. The van der Waals surface area contributed by atoms with Crippen molar-refractivity contribution >= 4 is 70.4 Å². The maximum absolute atomic E-state index is 2.36. The van der Waals surface area contributed by atoms with E-state index in [1.165, 1.54) is 69.9 Å². The third-order valence-corrected chi connectivity index (χ3v) is 11.1. The van der Waals surface area contributed by atoms with Crippen molar-refractivity contribution in [3.05, 3.63) is 194 Å². The summed E-state index contributed by atoms with van der Waals surface area (Å²) >= 11 is 1.85. The molecule has 0 amide bonds. The summed E-state index contributed by atoms with van der Waals surface area (Å²) in [6.45, 7) is 0. The quantitative estimate of drug-likeness (QED) is 0.171. The van der Waals surface area contributed by atoms with Gasteiger partial charge >= 0.3 is 0 Å². The van der Waals surface area contributed by atoms with Crippen LogP contribution in [0.25, 0.3) is 69.9 Å². The van der Waals surface area contributed by atoms with Crippen LogP contribution in [0.1, 0.15) is 0 Å². The Labute approximate surface area is 300 Å². The van der Waals surface area contributed by atoms with E-state index in [1.54, 1.807) is 0 Å². The van der Waals surface area contributed by atoms with E-state index in [0.717, 1.165) is 17.1 Å². The van der Waals surface area contributed by atoms with Gasteiger partial charge in [-0.15, -0.1) is 11.3 Å². The van der Waals surface area contributed by atoms with Gasteiger partial charge in [0.1, 0.15) is 0 Å². The zero-order chi connectivity index (χ0) is 33.7. The Hall–Kier alpha value is -6.42. The minimum Gasteiger partial charge on any atom is -0.310 e. The van der Waals surface area contributed by atoms with Crippen molar-refractivity contribution in [3.8, 4) is 27.9 Å². The summed E-state index contributed by atoms with van der Waals surface area (Å²) in [5, 5.41) is 5.14. The van der Waals surface area contributed by atoms with E-state index < -0.39 is 0 Å². The van der Waals surface area contributed by atoms with Crippen molar-refractivity contribution in [1.29, 1.82) is 0 Å². The Bertz CT molecular complexity index is 2830. The van der Waals surface area contributed by atoms with Crippen LogP contribution in [0.5, 0.6) is 0 Å². The average Bonchev–Trinajstić information content (AvgIpc) is 3.74. The zero-order valence-corrected chi connectivity index (χ0v) is 28.6. The summed E-state index contributed by atoms with van der Waals surface area (Å²) in [5.74, 6) is 0. The Kier molecular flexibility index (Phi) is 7.04. The third-order valence-electron chi connectivity index (χ3n) is 10.00. The van der Waals surface area contributed by atoms with Gasteiger partial charge in [0.15, 0.2) is 0 Å². The van der Waals surface area contributed by atoms with Gasteiger partial charge in [-0.3, -0.25) is 0 Å². The van der Waals surface area contributed by atoms with E-state index >= 15 is 0 Å². The molecule has 10 rings (SSSR count). The number of anilines is 3. The Morgan fingerprint density at radius 3 is 1.63 bits per heavy atom. The van der Waals surface area contributed by atoms with Gasteiger partial charge in [0, 0.05) is 53.7 Å². The molecular formula is C48H32N2S. The summed E-state index contributed by atoms with van der Waals surface area (Å²) in [4.78, 5) is 2.35. The van der Waals surface area contributed by atoms with Gasteiger partial charge in [0.2, 0.25) is 0 Å². The first-order valence-electron chi connectivity index (χ1n) is 17.3. The van der Waals surface area contributed by atoms with E-state index in [1.807, 2.05) is 11.3 Å². The number of nitrogens with zero attached hydrogens (tertiary/aromatic N) is 2. The molecule has 0 aliphatic heterocycles. The van der Waals surface area contributed by atoms with Gasteiger partial charge < -0.3 is 9.47 Å². The second-order valence-corrected chi connectivity index (χ2v) is 14.1. The predicted molar refractivity (Wildman–Crippen MR) is 219 cm³/mol. The molecule has 0 atom stereocenters. The summed E-state index contributed by atoms with van der Waals surface area (Å²) in [6, 6.07) is 70.3. The lowest BCUT2D eigenvalue weighted by atomic mass is 9.99. The van der Waals surface area contributed by atoms with Gasteiger partial charge in [-0.1, -0.05) is 115 Å². The number of benzene rings is 8. The summed E-state index contributed by atoms with van der Waals surface area (Å²) in [5.41, 5.74) is 11.9. The lowest BCUT2D eigenvalue weighted by Gasteiger charge is -2.26. The van der Waals surface area contributed by atoms with E-state index in [0.29, 0.717) is 0 Å². The number of para-hydroxylation sites is 3. The largest absolute Gasteiger partial charge is 0.310 e. The Morgan fingerprint density at radius 1 is 0.333 bits per heavy atom. The molecule has 240 valence electrons. The number of hydrogen-bond acceptors (Lipinski definition) is 2. The fraction of sp³-hybridized carbons (Fsp3) is 0. The molecule has 0 saturated heterocycles. The maximum atomic E-state index is 2.36. The number of aromatic nitrogens is 1. The van der Waals surface area contributed by atoms with Crippen LogP contribution in [-0.4, -0.2) is 4.57 Å². The highest BCUT2D eigenvalue weighted by Crippen LogP contribution is 2.41. The second kappa shape index (κ2) is 12.2. The smallest absolute Gasteiger partial charge is 0.0541 e. The molecule has 0 bridgehead atoms. The summed E-state index contributed by atoms with van der Waals surface area (Å²) in [7, 11) is 0. The molecular weight excluding hydrogens is 637 g/mol. The predicted octanol–water partition coefficient (Wildman–Crippen LogP) is 14.0. The fourth-order valence-electron chi connectivity index (χ4n) is 7.54. The van der Waals surface area contributed by atoms with Gasteiger partial charge in [-0.25, -0.2) is 0 Å². The van der Waals surface area contributed by atoms with Crippen LogP contribution < -0.4 is 4.90 Å². The van der Waals surface area contributed by atoms with Crippen LogP contribution >= 0.6 is 11.3 Å². The fourth-order valence-corrected chi connectivity index (χ4v) is 8.63. The average molecular weight is 669 g/mol. The molecule has 51 heavy (non-hydrogen) atoms. The maximum Gasteiger partial charge on any atom is 0.0541 e. The molecule has 2 heterocycles. The molecule has 0 unspecified atom stereocenters. The monoisotopic (exact) mass is 668 g/mol. The molecule has 0 fully saturated rings. The molecule has 3 heteroatoms.